The number of rotatable bonds is 4. The summed E-state index contributed by atoms with van der Waals surface area (Å²) < 4.78 is 5.13. The zero-order valence-electron chi connectivity index (χ0n) is 9.26. The molecule has 0 aliphatic carbocycles. The molecule has 1 rings (SSSR count). The van der Waals surface area contributed by atoms with Crippen molar-refractivity contribution in [3.63, 3.8) is 0 Å². The van der Waals surface area contributed by atoms with Crippen molar-refractivity contribution >= 4 is 27.5 Å². The lowest BCUT2D eigenvalue weighted by atomic mass is 9.90. The number of hydrogen-bond donors (Lipinski definition) is 0. The van der Waals surface area contributed by atoms with E-state index >= 15 is 0 Å². The molecule has 0 aliphatic heterocycles. The van der Waals surface area contributed by atoms with E-state index in [9.17, 15) is 0 Å². The molecule has 1 aromatic carbocycles. The van der Waals surface area contributed by atoms with E-state index in [1.165, 1.54) is 5.56 Å². The molecule has 0 radical (unpaired) electrons. The Bertz CT molecular complexity index is 327. The summed E-state index contributed by atoms with van der Waals surface area (Å²) in [6, 6.07) is 5.99. The topological polar surface area (TPSA) is 9.23 Å². The molecule has 15 heavy (non-hydrogen) atoms. The smallest absolute Gasteiger partial charge is 0.137 e. The van der Waals surface area contributed by atoms with Crippen LogP contribution in [0.5, 0.6) is 5.75 Å². The molecule has 0 heterocycles. The molecule has 1 aromatic rings. The molecule has 0 spiro atoms. The van der Waals surface area contributed by atoms with Gasteiger partial charge >= 0.3 is 0 Å². The van der Waals surface area contributed by atoms with E-state index in [0.717, 1.165) is 11.1 Å². The fourth-order valence-corrected chi connectivity index (χ4v) is 2.25. The number of methoxy groups -OCH3 is 1. The van der Waals surface area contributed by atoms with Gasteiger partial charge in [-0.1, -0.05) is 47.4 Å². The number of benzene rings is 1. The summed E-state index contributed by atoms with van der Waals surface area (Å²) in [7, 11) is 1.63. The van der Waals surface area contributed by atoms with Gasteiger partial charge in [-0.25, -0.2) is 0 Å². The van der Waals surface area contributed by atoms with Crippen LogP contribution in [0.1, 0.15) is 25.3 Å². The molecule has 0 saturated carbocycles. The molecule has 0 amide bonds. The van der Waals surface area contributed by atoms with Crippen molar-refractivity contribution in [3.8, 4) is 5.75 Å². The molecule has 84 valence electrons. The Morgan fingerprint density at radius 3 is 2.53 bits per heavy atom. The lowest BCUT2D eigenvalue weighted by molar-refractivity contribution is 0.414. The highest BCUT2D eigenvalue weighted by Gasteiger charge is 2.14. The first-order chi connectivity index (χ1) is 7.10. The number of ether oxygens (including phenoxy) is 1. The van der Waals surface area contributed by atoms with E-state index in [-0.39, 0.29) is 0 Å². The average molecular weight is 292 g/mol. The lowest BCUT2D eigenvalue weighted by Gasteiger charge is -2.18. The summed E-state index contributed by atoms with van der Waals surface area (Å²) in [5, 5.41) is 1.68. The zero-order valence-corrected chi connectivity index (χ0v) is 11.6. The van der Waals surface area contributed by atoms with Gasteiger partial charge in [-0.2, -0.15) is 0 Å². The quantitative estimate of drug-likeness (QED) is 0.743. The summed E-state index contributed by atoms with van der Waals surface area (Å²) in [6.07, 6.45) is 0. The minimum atomic E-state index is 0.493. The Labute approximate surface area is 105 Å². The Kier molecular flexibility index (Phi) is 4.94. The molecule has 3 heteroatoms. The van der Waals surface area contributed by atoms with Gasteiger partial charge in [-0.3, -0.25) is 0 Å². The van der Waals surface area contributed by atoms with Gasteiger partial charge in [0.1, 0.15) is 5.75 Å². The molecule has 0 fully saturated rings. The van der Waals surface area contributed by atoms with Crippen LogP contribution < -0.4 is 4.74 Å². The fraction of sp³-hybridized carbons (Fsp3) is 0.500. The van der Waals surface area contributed by atoms with E-state index < -0.39 is 0 Å². The van der Waals surface area contributed by atoms with Gasteiger partial charge in [0.2, 0.25) is 0 Å². The third-order valence-corrected chi connectivity index (χ3v) is 4.12. The number of hydrogen-bond acceptors (Lipinski definition) is 1. The monoisotopic (exact) mass is 290 g/mol. The van der Waals surface area contributed by atoms with Gasteiger partial charge in [0.15, 0.2) is 0 Å². The van der Waals surface area contributed by atoms with Crippen LogP contribution in [0.4, 0.5) is 0 Å². The van der Waals surface area contributed by atoms with E-state index in [0.29, 0.717) is 16.9 Å². The Balaban J connectivity index is 2.92. The summed E-state index contributed by atoms with van der Waals surface area (Å²) in [5.41, 5.74) is 1.26. The van der Waals surface area contributed by atoms with Crippen molar-refractivity contribution in [1.82, 2.24) is 0 Å². The predicted octanol–water partition coefficient (Wildman–Crippen LogP) is 4.48. The fourth-order valence-electron chi connectivity index (χ4n) is 1.43. The molecule has 2 atom stereocenters. The molecule has 0 N–H and O–H groups in total. The Hall–Kier alpha value is -0.210. The maximum atomic E-state index is 6.08. The molecular formula is C12H16BrClO. The highest BCUT2D eigenvalue weighted by Crippen LogP contribution is 2.31. The van der Waals surface area contributed by atoms with Crippen molar-refractivity contribution in [2.45, 2.75) is 19.8 Å². The first-order valence-electron chi connectivity index (χ1n) is 4.99. The Morgan fingerprint density at radius 2 is 2.07 bits per heavy atom. The first-order valence-corrected chi connectivity index (χ1v) is 6.49. The SMILES string of the molecule is COc1ccc(C(C)C(C)CBr)cc1Cl. The molecule has 1 nitrogen and oxygen atoms in total. The second-order valence-corrected chi connectivity index (χ2v) is 4.87. The van der Waals surface area contributed by atoms with Gasteiger partial charge in [0, 0.05) is 5.33 Å². The van der Waals surface area contributed by atoms with Gasteiger partial charge in [0.25, 0.3) is 0 Å². The maximum absolute atomic E-state index is 6.08. The maximum Gasteiger partial charge on any atom is 0.137 e. The van der Waals surface area contributed by atoms with Crippen LogP contribution in [0.25, 0.3) is 0 Å². The van der Waals surface area contributed by atoms with Crippen LogP contribution >= 0.6 is 27.5 Å². The van der Waals surface area contributed by atoms with Crippen LogP contribution in [0.2, 0.25) is 5.02 Å². The zero-order chi connectivity index (χ0) is 11.4. The van der Waals surface area contributed by atoms with E-state index in [1.54, 1.807) is 7.11 Å². The van der Waals surface area contributed by atoms with E-state index in [4.69, 9.17) is 16.3 Å². The third-order valence-electron chi connectivity index (χ3n) is 2.80. The van der Waals surface area contributed by atoms with Crippen LogP contribution in [0.3, 0.4) is 0 Å². The molecule has 2 unspecified atom stereocenters. The van der Waals surface area contributed by atoms with Crippen LogP contribution in [0, 0.1) is 5.92 Å². The van der Waals surface area contributed by atoms with Crippen molar-refractivity contribution in [1.29, 1.82) is 0 Å². The third kappa shape index (κ3) is 3.12. The van der Waals surface area contributed by atoms with Crippen LogP contribution in [0.15, 0.2) is 18.2 Å². The standard InChI is InChI=1S/C12H16BrClO/c1-8(7-13)9(2)10-4-5-12(15-3)11(14)6-10/h4-6,8-9H,7H2,1-3H3. The summed E-state index contributed by atoms with van der Waals surface area (Å²) >= 11 is 9.59. The second-order valence-electron chi connectivity index (χ2n) is 3.81. The van der Waals surface area contributed by atoms with Crippen molar-refractivity contribution in [3.05, 3.63) is 28.8 Å². The minimum absolute atomic E-state index is 0.493. The molecule has 0 aromatic heterocycles. The highest BCUT2D eigenvalue weighted by atomic mass is 79.9. The summed E-state index contributed by atoms with van der Waals surface area (Å²) in [4.78, 5) is 0. The van der Waals surface area contributed by atoms with Crippen molar-refractivity contribution in [2.75, 3.05) is 12.4 Å². The van der Waals surface area contributed by atoms with E-state index in [1.807, 2.05) is 12.1 Å². The van der Waals surface area contributed by atoms with Gasteiger partial charge in [0.05, 0.1) is 12.1 Å². The van der Waals surface area contributed by atoms with Crippen molar-refractivity contribution in [2.24, 2.45) is 5.92 Å². The van der Waals surface area contributed by atoms with Crippen LogP contribution in [-0.4, -0.2) is 12.4 Å². The lowest BCUT2D eigenvalue weighted by Crippen LogP contribution is -2.07. The molecule has 0 aliphatic rings. The largest absolute Gasteiger partial charge is 0.495 e. The van der Waals surface area contributed by atoms with E-state index in [2.05, 4.69) is 35.8 Å². The first kappa shape index (κ1) is 12.9. The molecular weight excluding hydrogens is 275 g/mol. The number of alkyl halides is 1. The molecule has 0 bridgehead atoms. The second kappa shape index (κ2) is 5.76. The summed E-state index contributed by atoms with van der Waals surface area (Å²) in [6.45, 7) is 4.43. The average Bonchev–Trinajstić information content (AvgIpc) is 2.26. The molecule has 0 saturated heterocycles. The van der Waals surface area contributed by atoms with Gasteiger partial charge in [-0.15, -0.1) is 0 Å². The highest BCUT2D eigenvalue weighted by molar-refractivity contribution is 9.09. The van der Waals surface area contributed by atoms with Gasteiger partial charge < -0.3 is 4.74 Å². The van der Waals surface area contributed by atoms with Crippen LogP contribution in [-0.2, 0) is 0 Å². The van der Waals surface area contributed by atoms with Gasteiger partial charge in [-0.05, 0) is 29.5 Å². The normalized spacial score (nSPS) is 14.7. The minimum Gasteiger partial charge on any atom is -0.495 e. The number of halogens is 2. The Morgan fingerprint density at radius 1 is 1.40 bits per heavy atom. The summed E-state index contributed by atoms with van der Waals surface area (Å²) in [5.74, 6) is 1.82. The van der Waals surface area contributed by atoms with Crippen molar-refractivity contribution < 1.29 is 4.74 Å². The predicted molar refractivity (Wildman–Crippen MR) is 69.4 cm³/mol.